The highest BCUT2D eigenvalue weighted by atomic mass is 35.5. The van der Waals surface area contributed by atoms with Crippen molar-refractivity contribution in [3.05, 3.63) is 34.9 Å². The maximum atomic E-state index is 11.8. The molecule has 0 unspecified atom stereocenters. The van der Waals surface area contributed by atoms with E-state index in [0.29, 0.717) is 23.7 Å². The van der Waals surface area contributed by atoms with Crippen LogP contribution >= 0.6 is 11.6 Å². The number of hydrogen-bond donors (Lipinski definition) is 2. The lowest BCUT2D eigenvalue weighted by molar-refractivity contribution is -0.120. The Bertz CT molecular complexity index is 452. The van der Waals surface area contributed by atoms with Crippen LogP contribution in [0.1, 0.15) is 23.2 Å². The van der Waals surface area contributed by atoms with Gasteiger partial charge in [0.05, 0.1) is 10.6 Å². The van der Waals surface area contributed by atoms with Crippen LogP contribution in [0.2, 0.25) is 5.02 Å². The van der Waals surface area contributed by atoms with Gasteiger partial charge in [0, 0.05) is 33.2 Å². The molecule has 2 N–H and O–H groups in total. The molecule has 5 nitrogen and oxygen atoms in total. The van der Waals surface area contributed by atoms with Crippen LogP contribution in [0.25, 0.3) is 0 Å². The fourth-order valence-electron chi connectivity index (χ4n) is 1.56. The van der Waals surface area contributed by atoms with Crippen LogP contribution in [-0.4, -0.2) is 38.6 Å². The molecule has 6 heteroatoms. The molecule has 2 amide bonds. The van der Waals surface area contributed by atoms with Crippen LogP contribution in [0.3, 0.4) is 0 Å². The fraction of sp³-hybridized carbons (Fsp3) is 0.429. The third kappa shape index (κ3) is 6.04. The molecule has 0 atom stereocenters. The lowest BCUT2D eigenvalue weighted by atomic mass is 10.2. The van der Waals surface area contributed by atoms with Crippen LogP contribution in [0.5, 0.6) is 0 Å². The highest BCUT2D eigenvalue weighted by molar-refractivity contribution is 6.33. The van der Waals surface area contributed by atoms with Gasteiger partial charge in [-0.05, 0) is 18.6 Å². The summed E-state index contributed by atoms with van der Waals surface area (Å²) in [5, 5.41) is 5.81. The number of methoxy groups -OCH3 is 1. The Morgan fingerprint density at radius 2 is 1.95 bits per heavy atom. The van der Waals surface area contributed by atoms with Crippen LogP contribution in [0.15, 0.2) is 24.3 Å². The van der Waals surface area contributed by atoms with Crippen molar-refractivity contribution in [1.82, 2.24) is 10.6 Å². The van der Waals surface area contributed by atoms with Crippen LogP contribution in [0, 0.1) is 0 Å². The summed E-state index contributed by atoms with van der Waals surface area (Å²) in [5.41, 5.74) is 0.412. The van der Waals surface area contributed by atoms with E-state index in [1.54, 1.807) is 31.4 Å². The average molecular weight is 299 g/mol. The number of amides is 2. The number of carbonyl (C=O) groups is 2. The van der Waals surface area contributed by atoms with E-state index in [1.807, 2.05) is 0 Å². The van der Waals surface area contributed by atoms with Crippen molar-refractivity contribution < 1.29 is 14.3 Å². The maximum absolute atomic E-state index is 11.8. The van der Waals surface area contributed by atoms with Gasteiger partial charge in [0.15, 0.2) is 0 Å². The second-order valence-corrected chi connectivity index (χ2v) is 4.59. The Balaban J connectivity index is 2.22. The normalized spacial score (nSPS) is 10.1. The Labute approximate surface area is 123 Å². The monoisotopic (exact) mass is 298 g/mol. The molecule has 0 bridgehead atoms. The van der Waals surface area contributed by atoms with Crippen molar-refractivity contribution in [2.75, 3.05) is 26.8 Å². The van der Waals surface area contributed by atoms with Crippen molar-refractivity contribution in [2.24, 2.45) is 0 Å². The number of benzene rings is 1. The SMILES string of the molecule is COCCCNC(=O)CCNC(=O)c1ccccc1Cl. The predicted molar refractivity (Wildman–Crippen MR) is 77.9 cm³/mol. The molecule has 0 aliphatic carbocycles. The van der Waals surface area contributed by atoms with E-state index in [1.165, 1.54) is 0 Å². The van der Waals surface area contributed by atoms with E-state index >= 15 is 0 Å². The van der Waals surface area contributed by atoms with E-state index < -0.39 is 0 Å². The van der Waals surface area contributed by atoms with Crippen molar-refractivity contribution in [1.29, 1.82) is 0 Å². The molecular formula is C14H19ClN2O3. The highest BCUT2D eigenvalue weighted by Gasteiger charge is 2.09. The molecule has 110 valence electrons. The first kappa shape index (κ1) is 16.5. The lowest BCUT2D eigenvalue weighted by Gasteiger charge is -2.07. The average Bonchev–Trinajstić information content (AvgIpc) is 2.44. The summed E-state index contributed by atoms with van der Waals surface area (Å²) in [6, 6.07) is 6.79. The number of halogens is 1. The van der Waals surface area contributed by atoms with Crippen LogP contribution in [-0.2, 0) is 9.53 Å². The Morgan fingerprint density at radius 1 is 1.20 bits per heavy atom. The number of nitrogens with one attached hydrogen (secondary N) is 2. The zero-order chi connectivity index (χ0) is 14.8. The van der Waals surface area contributed by atoms with Gasteiger partial charge in [-0.15, -0.1) is 0 Å². The van der Waals surface area contributed by atoms with Crippen LogP contribution < -0.4 is 10.6 Å². The van der Waals surface area contributed by atoms with Gasteiger partial charge in [0.2, 0.25) is 5.91 Å². The summed E-state index contributed by atoms with van der Waals surface area (Å²) in [6.45, 7) is 1.47. The van der Waals surface area contributed by atoms with Gasteiger partial charge < -0.3 is 15.4 Å². The molecule has 0 saturated carbocycles. The third-order valence-electron chi connectivity index (χ3n) is 2.60. The maximum Gasteiger partial charge on any atom is 0.252 e. The summed E-state index contributed by atoms with van der Waals surface area (Å²) < 4.78 is 4.88. The van der Waals surface area contributed by atoms with Gasteiger partial charge in [0.1, 0.15) is 0 Å². The van der Waals surface area contributed by atoms with Gasteiger partial charge in [-0.25, -0.2) is 0 Å². The van der Waals surface area contributed by atoms with Crippen molar-refractivity contribution in [3.8, 4) is 0 Å². The van der Waals surface area contributed by atoms with Gasteiger partial charge in [-0.2, -0.15) is 0 Å². The minimum absolute atomic E-state index is 0.0967. The lowest BCUT2D eigenvalue weighted by Crippen LogP contribution is -2.31. The van der Waals surface area contributed by atoms with Gasteiger partial charge in [-0.3, -0.25) is 9.59 Å². The van der Waals surface area contributed by atoms with E-state index in [-0.39, 0.29) is 24.8 Å². The summed E-state index contributed by atoms with van der Waals surface area (Å²) >= 11 is 5.91. The van der Waals surface area contributed by atoms with Crippen LogP contribution in [0.4, 0.5) is 0 Å². The number of hydrogen-bond acceptors (Lipinski definition) is 3. The predicted octanol–water partition coefficient (Wildman–Crippen LogP) is 1.61. The molecule has 0 aliphatic rings. The Hall–Kier alpha value is -1.59. The zero-order valence-corrected chi connectivity index (χ0v) is 12.2. The minimum atomic E-state index is -0.275. The second-order valence-electron chi connectivity index (χ2n) is 4.18. The molecule has 0 radical (unpaired) electrons. The Kier molecular flexibility index (Phi) is 7.69. The van der Waals surface area contributed by atoms with E-state index in [2.05, 4.69) is 10.6 Å². The molecule has 20 heavy (non-hydrogen) atoms. The summed E-state index contributed by atoms with van der Waals surface area (Å²) in [5.74, 6) is -0.372. The fourth-order valence-corrected chi connectivity index (χ4v) is 1.78. The van der Waals surface area contributed by atoms with E-state index in [4.69, 9.17) is 16.3 Å². The molecule has 0 heterocycles. The van der Waals surface area contributed by atoms with Gasteiger partial charge >= 0.3 is 0 Å². The molecule has 1 rings (SSSR count). The highest BCUT2D eigenvalue weighted by Crippen LogP contribution is 2.14. The van der Waals surface area contributed by atoms with Crippen molar-refractivity contribution in [2.45, 2.75) is 12.8 Å². The topological polar surface area (TPSA) is 67.4 Å². The quantitative estimate of drug-likeness (QED) is 0.717. The minimum Gasteiger partial charge on any atom is -0.385 e. The molecule has 0 aromatic heterocycles. The molecule has 0 fully saturated rings. The molecular weight excluding hydrogens is 280 g/mol. The number of ether oxygens (including phenoxy) is 1. The third-order valence-corrected chi connectivity index (χ3v) is 2.93. The van der Waals surface area contributed by atoms with E-state index in [0.717, 1.165) is 6.42 Å². The largest absolute Gasteiger partial charge is 0.385 e. The first-order chi connectivity index (χ1) is 9.65. The smallest absolute Gasteiger partial charge is 0.252 e. The van der Waals surface area contributed by atoms with Crippen molar-refractivity contribution in [3.63, 3.8) is 0 Å². The molecule has 0 saturated heterocycles. The Morgan fingerprint density at radius 3 is 2.65 bits per heavy atom. The molecule has 0 spiro atoms. The molecule has 0 aliphatic heterocycles. The first-order valence-corrected chi connectivity index (χ1v) is 6.81. The number of rotatable bonds is 8. The zero-order valence-electron chi connectivity index (χ0n) is 11.4. The summed E-state index contributed by atoms with van der Waals surface area (Å²) in [4.78, 5) is 23.3. The summed E-state index contributed by atoms with van der Waals surface area (Å²) in [6.07, 6.45) is 1.01. The molecule has 1 aromatic rings. The second kappa shape index (κ2) is 9.34. The molecule has 1 aromatic carbocycles. The van der Waals surface area contributed by atoms with Crippen molar-refractivity contribution >= 4 is 23.4 Å². The first-order valence-electron chi connectivity index (χ1n) is 6.43. The van der Waals surface area contributed by atoms with E-state index in [9.17, 15) is 9.59 Å². The standard InChI is InChI=1S/C14H19ClN2O3/c1-20-10-4-8-16-13(18)7-9-17-14(19)11-5-2-3-6-12(11)15/h2-3,5-6H,4,7-10H2,1H3,(H,16,18)(H,17,19). The van der Waals surface area contributed by atoms with Gasteiger partial charge in [-0.1, -0.05) is 23.7 Å². The van der Waals surface area contributed by atoms with Gasteiger partial charge in [0.25, 0.3) is 5.91 Å². The number of carbonyl (C=O) groups excluding carboxylic acids is 2. The summed E-state index contributed by atoms with van der Waals surface area (Å²) in [7, 11) is 1.62.